The minimum atomic E-state index is 0.0207. The molecule has 0 aliphatic rings. The highest BCUT2D eigenvalue weighted by atomic mass is 16.5. The predicted molar refractivity (Wildman–Crippen MR) is 51.4 cm³/mol. The molecule has 1 atom stereocenters. The Hall–Kier alpha value is -1.49. The average Bonchev–Trinajstić information content (AvgIpc) is 2.19. The highest BCUT2D eigenvalue weighted by Gasteiger charge is 2.06. The molecule has 2 heteroatoms. The molecule has 1 aromatic rings. The molecule has 0 amide bonds. The van der Waals surface area contributed by atoms with Crippen LogP contribution >= 0.6 is 0 Å². The van der Waals surface area contributed by atoms with Crippen LogP contribution in [0.15, 0.2) is 30.3 Å². The highest BCUT2D eigenvalue weighted by molar-refractivity contribution is 5.21. The number of hydrogen-bond donors (Lipinski definition) is 0. The molecule has 0 aliphatic carbocycles. The van der Waals surface area contributed by atoms with Crippen LogP contribution in [-0.4, -0.2) is 6.10 Å². The summed E-state index contributed by atoms with van der Waals surface area (Å²) in [7, 11) is 0. The molecule has 1 unspecified atom stereocenters. The molecule has 0 aromatic heterocycles. The van der Waals surface area contributed by atoms with Crippen LogP contribution in [0.2, 0.25) is 0 Å². The van der Waals surface area contributed by atoms with Crippen molar-refractivity contribution in [3.8, 4) is 11.8 Å². The van der Waals surface area contributed by atoms with Gasteiger partial charge >= 0.3 is 0 Å². The Morgan fingerprint density at radius 2 is 2.08 bits per heavy atom. The van der Waals surface area contributed by atoms with Crippen molar-refractivity contribution in [3.63, 3.8) is 0 Å². The number of nitrogens with zero attached hydrogens (tertiary/aromatic N) is 1. The number of ether oxygens (including phenoxy) is 1. The zero-order chi connectivity index (χ0) is 9.52. The van der Waals surface area contributed by atoms with Crippen LogP contribution < -0.4 is 4.74 Å². The van der Waals surface area contributed by atoms with Crippen molar-refractivity contribution in [2.24, 2.45) is 0 Å². The summed E-state index contributed by atoms with van der Waals surface area (Å²) in [6.07, 6.45) is 1.33. The fourth-order valence-corrected chi connectivity index (χ4v) is 1.06. The molecule has 0 saturated heterocycles. The van der Waals surface area contributed by atoms with Gasteiger partial charge < -0.3 is 4.74 Å². The van der Waals surface area contributed by atoms with Gasteiger partial charge in [0.15, 0.2) is 0 Å². The van der Waals surface area contributed by atoms with Gasteiger partial charge in [0.2, 0.25) is 0 Å². The third-order valence-electron chi connectivity index (χ3n) is 1.82. The van der Waals surface area contributed by atoms with Crippen molar-refractivity contribution in [1.29, 1.82) is 5.26 Å². The van der Waals surface area contributed by atoms with Crippen LogP contribution in [-0.2, 0) is 0 Å². The van der Waals surface area contributed by atoms with E-state index in [2.05, 4.69) is 6.07 Å². The molecule has 0 radical (unpaired) electrons. The monoisotopic (exact) mass is 175 g/mol. The van der Waals surface area contributed by atoms with Crippen molar-refractivity contribution < 1.29 is 4.74 Å². The number of para-hydroxylation sites is 1. The van der Waals surface area contributed by atoms with Crippen LogP contribution in [0.5, 0.6) is 5.75 Å². The molecule has 0 spiro atoms. The van der Waals surface area contributed by atoms with Crippen molar-refractivity contribution in [3.05, 3.63) is 30.3 Å². The molecule has 0 saturated carbocycles. The first kappa shape index (κ1) is 9.60. The Balaban J connectivity index is 2.53. The Kier molecular flexibility index (Phi) is 3.84. The minimum Gasteiger partial charge on any atom is -0.489 e. The van der Waals surface area contributed by atoms with Crippen molar-refractivity contribution in [2.45, 2.75) is 25.9 Å². The quantitative estimate of drug-likeness (QED) is 0.704. The standard InChI is InChI=1S/C11H13NO/c1-2-10(8-9-12)13-11-6-4-3-5-7-11/h3-7,10H,2,8H2,1H3. The number of rotatable bonds is 4. The van der Waals surface area contributed by atoms with Gasteiger partial charge in [-0.15, -0.1) is 0 Å². The topological polar surface area (TPSA) is 33.0 Å². The van der Waals surface area contributed by atoms with Gasteiger partial charge in [-0.05, 0) is 18.6 Å². The maximum absolute atomic E-state index is 8.52. The maximum atomic E-state index is 8.52. The fraction of sp³-hybridized carbons (Fsp3) is 0.364. The molecule has 0 heterocycles. The molecule has 1 aromatic carbocycles. The largest absolute Gasteiger partial charge is 0.489 e. The summed E-state index contributed by atoms with van der Waals surface area (Å²) in [4.78, 5) is 0. The first-order chi connectivity index (χ1) is 6.36. The molecule has 1 rings (SSSR count). The fourth-order valence-electron chi connectivity index (χ4n) is 1.06. The van der Waals surface area contributed by atoms with E-state index < -0.39 is 0 Å². The molecule has 0 N–H and O–H groups in total. The molecule has 0 fully saturated rings. The Morgan fingerprint density at radius 1 is 1.38 bits per heavy atom. The van der Waals surface area contributed by atoms with Gasteiger partial charge in [0, 0.05) is 0 Å². The number of nitriles is 1. The van der Waals surface area contributed by atoms with Crippen LogP contribution in [0.1, 0.15) is 19.8 Å². The third kappa shape index (κ3) is 3.16. The smallest absolute Gasteiger partial charge is 0.119 e. The van der Waals surface area contributed by atoms with Crippen LogP contribution in [0.4, 0.5) is 0 Å². The Morgan fingerprint density at radius 3 is 2.62 bits per heavy atom. The average molecular weight is 175 g/mol. The molecular formula is C11H13NO. The van der Waals surface area contributed by atoms with Gasteiger partial charge in [0.25, 0.3) is 0 Å². The summed E-state index contributed by atoms with van der Waals surface area (Å²) >= 11 is 0. The second-order valence-electron chi connectivity index (χ2n) is 2.82. The second-order valence-corrected chi connectivity index (χ2v) is 2.82. The molecule has 68 valence electrons. The van der Waals surface area contributed by atoms with Gasteiger partial charge in [0.05, 0.1) is 12.5 Å². The van der Waals surface area contributed by atoms with Crippen LogP contribution in [0, 0.1) is 11.3 Å². The molecule has 0 aliphatic heterocycles. The molecule has 2 nitrogen and oxygen atoms in total. The Bertz CT molecular complexity index is 276. The van der Waals surface area contributed by atoms with E-state index in [9.17, 15) is 0 Å². The van der Waals surface area contributed by atoms with Gasteiger partial charge in [-0.1, -0.05) is 25.1 Å². The van der Waals surface area contributed by atoms with Gasteiger partial charge in [-0.2, -0.15) is 5.26 Å². The van der Waals surface area contributed by atoms with E-state index in [0.29, 0.717) is 6.42 Å². The summed E-state index contributed by atoms with van der Waals surface area (Å²) in [6, 6.07) is 11.7. The lowest BCUT2D eigenvalue weighted by molar-refractivity contribution is 0.202. The first-order valence-electron chi connectivity index (χ1n) is 4.45. The zero-order valence-electron chi connectivity index (χ0n) is 7.73. The van der Waals surface area contributed by atoms with Crippen LogP contribution in [0.3, 0.4) is 0 Å². The SMILES string of the molecule is CCC(CC#N)Oc1ccccc1. The molecule has 0 bridgehead atoms. The number of benzene rings is 1. The lowest BCUT2D eigenvalue weighted by Gasteiger charge is -2.13. The van der Waals surface area contributed by atoms with Crippen molar-refractivity contribution in [1.82, 2.24) is 0 Å². The van der Waals surface area contributed by atoms with E-state index in [4.69, 9.17) is 10.00 Å². The van der Waals surface area contributed by atoms with Crippen LogP contribution in [0.25, 0.3) is 0 Å². The van der Waals surface area contributed by atoms with E-state index in [-0.39, 0.29) is 6.10 Å². The number of hydrogen-bond acceptors (Lipinski definition) is 2. The minimum absolute atomic E-state index is 0.0207. The summed E-state index contributed by atoms with van der Waals surface area (Å²) in [6.45, 7) is 2.02. The van der Waals surface area contributed by atoms with Gasteiger partial charge in [-0.25, -0.2) is 0 Å². The molecular weight excluding hydrogens is 162 g/mol. The second kappa shape index (κ2) is 5.21. The maximum Gasteiger partial charge on any atom is 0.119 e. The van der Waals surface area contributed by atoms with Crippen molar-refractivity contribution >= 4 is 0 Å². The normalized spacial score (nSPS) is 11.7. The third-order valence-corrected chi connectivity index (χ3v) is 1.82. The summed E-state index contributed by atoms with van der Waals surface area (Å²) < 4.78 is 5.58. The molecule has 13 heavy (non-hydrogen) atoms. The lowest BCUT2D eigenvalue weighted by atomic mass is 10.2. The van der Waals surface area contributed by atoms with E-state index in [0.717, 1.165) is 12.2 Å². The highest BCUT2D eigenvalue weighted by Crippen LogP contribution is 2.13. The summed E-state index contributed by atoms with van der Waals surface area (Å²) in [5.41, 5.74) is 0. The first-order valence-corrected chi connectivity index (χ1v) is 4.45. The summed E-state index contributed by atoms with van der Waals surface area (Å²) in [5.74, 6) is 0.838. The lowest BCUT2D eigenvalue weighted by Crippen LogP contribution is -2.14. The van der Waals surface area contributed by atoms with Crippen molar-refractivity contribution in [2.75, 3.05) is 0 Å². The Labute approximate surface area is 78.8 Å². The summed E-state index contributed by atoms with van der Waals surface area (Å²) in [5, 5.41) is 8.52. The van der Waals surface area contributed by atoms with E-state index in [1.54, 1.807) is 0 Å². The zero-order valence-corrected chi connectivity index (χ0v) is 7.73. The van der Waals surface area contributed by atoms with E-state index in [1.807, 2.05) is 37.3 Å². The van der Waals surface area contributed by atoms with E-state index in [1.165, 1.54) is 0 Å². The van der Waals surface area contributed by atoms with E-state index >= 15 is 0 Å². The van der Waals surface area contributed by atoms with Gasteiger partial charge in [-0.3, -0.25) is 0 Å². The van der Waals surface area contributed by atoms with Gasteiger partial charge in [0.1, 0.15) is 11.9 Å². The predicted octanol–water partition coefficient (Wildman–Crippen LogP) is 2.76.